The topological polar surface area (TPSA) is 64.4 Å². The third-order valence-electron chi connectivity index (χ3n) is 3.97. The van der Waals surface area contributed by atoms with Crippen LogP contribution in [-0.4, -0.2) is 33.9 Å². The lowest BCUT2D eigenvalue weighted by atomic mass is 9.81. The van der Waals surface area contributed by atoms with Crippen LogP contribution in [0, 0.1) is 17.2 Å². The highest BCUT2D eigenvalue weighted by Gasteiger charge is 2.50. The van der Waals surface area contributed by atoms with Crippen molar-refractivity contribution in [2.75, 3.05) is 6.54 Å². The number of hydrogen-bond donors (Lipinski definition) is 2. The second-order valence-electron chi connectivity index (χ2n) is 4.90. The molecule has 0 aromatic rings. The normalized spacial score (nSPS) is 24.2. The molecule has 1 saturated heterocycles. The van der Waals surface area contributed by atoms with Crippen molar-refractivity contribution in [2.45, 2.75) is 46.1 Å². The minimum Gasteiger partial charge on any atom is -0.465 e. The van der Waals surface area contributed by atoms with Crippen LogP contribution in [0.4, 0.5) is 4.79 Å². The number of hydrogen-bond acceptors (Lipinski definition) is 2. The number of nitrogens with one attached hydrogen (secondary N) is 1. The molecule has 1 unspecified atom stereocenters. The highest BCUT2D eigenvalue weighted by molar-refractivity contribution is 5.98. The van der Waals surface area contributed by atoms with Crippen LogP contribution >= 0.6 is 0 Å². The van der Waals surface area contributed by atoms with Gasteiger partial charge in [0.05, 0.1) is 5.54 Å². The SMILES string of the molecule is CCC1(CC)C(=N)C(C(C)C)CN1C(=O)O. The lowest BCUT2D eigenvalue weighted by Gasteiger charge is -2.35. The Balaban J connectivity index is 3.12. The third kappa shape index (κ3) is 1.70. The number of carbonyl (C=O) groups is 1. The van der Waals surface area contributed by atoms with Crippen molar-refractivity contribution in [3.8, 4) is 0 Å². The van der Waals surface area contributed by atoms with Crippen LogP contribution in [0.3, 0.4) is 0 Å². The van der Waals surface area contributed by atoms with Crippen molar-refractivity contribution in [2.24, 2.45) is 11.8 Å². The van der Waals surface area contributed by atoms with Gasteiger partial charge in [-0.05, 0) is 18.8 Å². The Hall–Kier alpha value is -1.06. The largest absolute Gasteiger partial charge is 0.465 e. The molecular formula is C12H22N2O2. The molecule has 0 aromatic heterocycles. The van der Waals surface area contributed by atoms with E-state index in [1.54, 1.807) is 0 Å². The van der Waals surface area contributed by atoms with E-state index in [9.17, 15) is 9.90 Å². The summed E-state index contributed by atoms with van der Waals surface area (Å²) in [5.41, 5.74) is 0.0516. The van der Waals surface area contributed by atoms with Gasteiger partial charge >= 0.3 is 6.09 Å². The summed E-state index contributed by atoms with van der Waals surface area (Å²) in [6, 6.07) is 0. The van der Waals surface area contributed by atoms with E-state index in [1.165, 1.54) is 4.90 Å². The van der Waals surface area contributed by atoms with E-state index in [-0.39, 0.29) is 5.92 Å². The van der Waals surface area contributed by atoms with Gasteiger partial charge in [0.2, 0.25) is 0 Å². The molecule has 1 fully saturated rings. The van der Waals surface area contributed by atoms with Gasteiger partial charge in [-0.25, -0.2) is 4.79 Å². The van der Waals surface area contributed by atoms with Crippen LogP contribution in [0.15, 0.2) is 0 Å². The maximum absolute atomic E-state index is 11.3. The predicted molar refractivity (Wildman–Crippen MR) is 64.1 cm³/mol. The standard InChI is InChI=1S/C12H22N2O2/c1-5-12(6-2)10(13)9(8(3)4)7-14(12)11(15)16/h8-9,13H,5-7H2,1-4H3,(H,15,16). The van der Waals surface area contributed by atoms with Crippen molar-refractivity contribution in [3.63, 3.8) is 0 Å². The molecule has 4 heteroatoms. The van der Waals surface area contributed by atoms with Crippen LogP contribution in [0.1, 0.15) is 40.5 Å². The fraction of sp³-hybridized carbons (Fsp3) is 0.833. The van der Waals surface area contributed by atoms with Crippen molar-refractivity contribution < 1.29 is 9.90 Å². The number of rotatable bonds is 3. The Morgan fingerprint density at radius 3 is 2.31 bits per heavy atom. The zero-order valence-corrected chi connectivity index (χ0v) is 10.6. The molecule has 0 spiro atoms. The van der Waals surface area contributed by atoms with E-state index in [0.29, 0.717) is 31.0 Å². The molecule has 2 N–H and O–H groups in total. The molecule has 0 aliphatic carbocycles. The summed E-state index contributed by atoms with van der Waals surface area (Å²) >= 11 is 0. The lowest BCUT2D eigenvalue weighted by Crippen LogP contribution is -2.49. The van der Waals surface area contributed by atoms with Gasteiger partial charge in [-0.2, -0.15) is 0 Å². The Bertz CT molecular complexity index is 295. The summed E-state index contributed by atoms with van der Waals surface area (Å²) in [6.45, 7) is 8.53. The summed E-state index contributed by atoms with van der Waals surface area (Å²) in [6.07, 6.45) is 0.493. The first-order valence-electron chi connectivity index (χ1n) is 6.00. The van der Waals surface area contributed by atoms with Gasteiger partial charge < -0.3 is 10.5 Å². The van der Waals surface area contributed by atoms with Crippen LogP contribution in [0.2, 0.25) is 0 Å². The molecule has 1 aliphatic rings. The Morgan fingerprint density at radius 2 is 2.06 bits per heavy atom. The summed E-state index contributed by atoms with van der Waals surface area (Å²) in [5, 5.41) is 17.5. The molecule has 92 valence electrons. The minimum absolute atomic E-state index is 0.0796. The molecule has 16 heavy (non-hydrogen) atoms. The smallest absolute Gasteiger partial charge is 0.408 e. The van der Waals surface area contributed by atoms with Crippen LogP contribution in [-0.2, 0) is 0 Å². The molecular weight excluding hydrogens is 204 g/mol. The van der Waals surface area contributed by atoms with Gasteiger partial charge in [0.15, 0.2) is 0 Å². The average Bonchev–Trinajstić information content (AvgIpc) is 2.52. The first-order chi connectivity index (χ1) is 7.40. The first kappa shape index (κ1) is 13.0. The van der Waals surface area contributed by atoms with Crippen molar-refractivity contribution >= 4 is 11.8 Å². The van der Waals surface area contributed by atoms with Crippen molar-refractivity contribution in [1.82, 2.24) is 4.90 Å². The number of likely N-dealkylation sites (tertiary alicyclic amines) is 1. The van der Waals surface area contributed by atoms with Gasteiger partial charge in [-0.3, -0.25) is 4.90 Å². The van der Waals surface area contributed by atoms with Crippen LogP contribution in [0.25, 0.3) is 0 Å². The van der Waals surface area contributed by atoms with Gasteiger partial charge in [0.25, 0.3) is 0 Å². The van der Waals surface area contributed by atoms with E-state index >= 15 is 0 Å². The van der Waals surface area contributed by atoms with Gasteiger partial charge in [-0.1, -0.05) is 27.7 Å². The van der Waals surface area contributed by atoms with Gasteiger partial charge in [0.1, 0.15) is 0 Å². The van der Waals surface area contributed by atoms with Crippen molar-refractivity contribution in [1.29, 1.82) is 5.41 Å². The number of nitrogens with zero attached hydrogens (tertiary/aromatic N) is 1. The molecule has 1 rings (SSSR count). The number of amides is 1. The fourth-order valence-electron chi connectivity index (χ4n) is 2.77. The summed E-state index contributed by atoms with van der Waals surface area (Å²) in [5.74, 6) is 0.408. The van der Waals surface area contributed by atoms with E-state index in [4.69, 9.17) is 5.41 Å². The van der Waals surface area contributed by atoms with E-state index in [2.05, 4.69) is 13.8 Å². The molecule has 4 nitrogen and oxygen atoms in total. The van der Waals surface area contributed by atoms with Crippen molar-refractivity contribution in [3.05, 3.63) is 0 Å². The van der Waals surface area contributed by atoms with E-state index in [0.717, 1.165) is 0 Å². The van der Waals surface area contributed by atoms with Gasteiger partial charge in [0, 0.05) is 18.2 Å². The molecule has 1 heterocycles. The van der Waals surface area contributed by atoms with E-state index < -0.39 is 11.6 Å². The van der Waals surface area contributed by atoms with E-state index in [1.807, 2.05) is 13.8 Å². The molecule has 0 radical (unpaired) electrons. The second kappa shape index (κ2) is 4.44. The molecule has 0 bridgehead atoms. The lowest BCUT2D eigenvalue weighted by molar-refractivity contribution is 0.111. The second-order valence-corrected chi connectivity index (χ2v) is 4.90. The summed E-state index contributed by atoms with van der Waals surface area (Å²) < 4.78 is 0. The number of carboxylic acid groups (broad SMARTS) is 1. The highest BCUT2D eigenvalue weighted by atomic mass is 16.4. The monoisotopic (exact) mass is 226 g/mol. The van der Waals surface area contributed by atoms with Crippen LogP contribution < -0.4 is 0 Å². The summed E-state index contributed by atoms with van der Waals surface area (Å²) in [7, 11) is 0. The average molecular weight is 226 g/mol. The molecule has 1 aliphatic heterocycles. The molecule has 0 saturated carbocycles. The third-order valence-corrected chi connectivity index (χ3v) is 3.97. The minimum atomic E-state index is -0.892. The summed E-state index contributed by atoms with van der Waals surface area (Å²) in [4.78, 5) is 12.8. The first-order valence-corrected chi connectivity index (χ1v) is 6.00. The predicted octanol–water partition coefficient (Wildman–Crippen LogP) is 2.83. The quantitative estimate of drug-likeness (QED) is 0.777. The van der Waals surface area contributed by atoms with Crippen LogP contribution in [0.5, 0.6) is 0 Å². The fourth-order valence-corrected chi connectivity index (χ4v) is 2.77. The molecule has 0 aromatic carbocycles. The Morgan fingerprint density at radius 1 is 1.56 bits per heavy atom. The van der Waals surface area contributed by atoms with Gasteiger partial charge in [-0.15, -0.1) is 0 Å². The molecule has 1 atom stereocenters. The Kier molecular flexibility index (Phi) is 3.61. The maximum atomic E-state index is 11.3. The zero-order valence-electron chi connectivity index (χ0n) is 10.6. The zero-order chi connectivity index (χ0) is 12.5. The highest BCUT2D eigenvalue weighted by Crippen LogP contribution is 2.38. The maximum Gasteiger partial charge on any atom is 0.408 e. The Labute approximate surface area is 97.1 Å². The molecule has 1 amide bonds.